The first-order valence-electron chi connectivity index (χ1n) is 5.31. The van der Waals surface area contributed by atoms with E-state index >= 15 is 0 Å². The van der Waals surface area contributed by atoms with Gasteiger partial charge in [-0.2, -0.15) is 0 Å². The molecule has 1 aromatic rings. The minimum Gasteiger partial charge on any atom is -0.383 e. The Hall–Kier alpha value is -1.39. The van der Waals surface area contributed by atoms with Gasteiger partial charge in [0, 0.05) is 32.9 Å². The second kappa shape index (κ2) is 6.98. The van der Waals surface area contributed by atoms with Crippen LogP contribution in [-0.2, 0) is 11.3 Å². The van der Waals surface area contributed by atoms with E-state index in [1.165, 1.54) is 0 Å². The van der Waals surface area contributed by atoms with E-state index in [1.54, 1.807) is 13.3 Å². The summed E-state index contributed by atoms with van der Waals surface area (Å²) in [5, 5.41) is 0. The van der Waals surface area contributed by atoms with Gasteiger partial charge >= 0.3 is 0 Å². The molecular formula is C12H19N3O. The summed E-state index contributed by atoms with van der Waals surface area (Å²) in [5.74, 6) is 0.925. The highest BCUT2D eigenvalue weighted by Gasteiger charge is 2.05. The van der Waals surface area contributed by atoms with Crippen molar-refractivity contribution in [3.8, 4) is 0 Å². The molecule has 4 nitrogen and oxygen atoms in total. The second-order valence-electron chi connectivity index (χ2n) is 3.46. The van der Waals surface area contributed by atoms with Gasteiger partial charge in [0.15, 0.2) is 0 Å². The van der Waals surface area contributed by atoms with Crippen LogP contribution in [0.5, 0.6) is 0 Å². The Bertz CT molecular complexity index is 311. The number of anilines is 1. The van der Waals surface area contributed by atoms with Crippen LogP contribution < -0.4 is 10.6 Å². The second-order valence-corrected chi connectivity index (χ2v) is 3.46. The first-order valence-corrected chi connectivity index (χ1v) is 5.31. The molecule has 0 aliphatic carbocycles. The monoisotopic (exact) mass is 221 g/mol. The number of hydrogen-bond donors (Lipinski definition) is 1. The van der Waals surface area contributed by atoms with Crippen LogP contribution in [0.4, 0.5) is 5.82 Å². The summed E-state index contributed by atoms with van der Waals surface area (Å²) in [5.41, 5.74) is 6.56. The maximum absolute atomic E-state index is 5.53. The summed E-state index contributed by atoms with van der Waals surface area (Å²) in [7, 11) is 1.69. The Kier molecular flexibility index (Phi) is 5.53. The average molecular weight is 221 g/mol. The molecule has 4 heteroatoms. The van der Waals surface area contributed by atoms with E-state index in [0.29, 0.717) is 13.2 Å². The fourth-order valence-corrected chi connectivity index (χ4v) is 1.38. The standard InChI is InChI=1S/C12H19N3O/c1-3-6-15(7-8-16-2)12-5-4-11(9-13)10-14-12/h3-5,10H,1,6-9,13H2,2H3. The molecule has 1 heterocycles. The lowest BCUT2D eigenvalue weighted by Gasteiger charge is -2.21. The Morgan fingerprint density at radius 1 is 1.56 bits per heavy atom. The fourth-order valence-electron chi connectivity index (χ4n) is 1.38. The van der Waals surface area contributed by atoms with E-state index in [9.17, 15) is 0 Å². The Morgan fingerprint density at radius 2 is 2.38 bits per heavy atom. The normalized spacial score (nSPS) is 10.1. The molecule has 0 aliphatic rings. The van der Waals surface area contributed by atoms with Gasteiger partial charge in [0.25, 0.3) is 0 Å². The molecule has 0 saturated carbocycles. The van der Waals surface area contributed by atoms with Crippen molar-refractivity contribution in [1.29, 1.82) is 0 Å². The van der Waals surface area contributed by atoms with Gasteiger partial charge < -0.3 is 15.4 Å². The van der Waals surface area contributed by atoms with Crippen molar-refractivity contribution in [1.82, 2.24) is 4.98 Å². The summed E-state index contributed by atoms with van der Waals surface area (Å²) < 4.78 is 5.06. The average Bonchev–Trinajstić information content (AvgIpc) is 2.35. The van der Waals surface area contributed by atoms with Crippen LogP contribution in [0, 0.1) is 0 Å². The fraction of sp³-hybridized carbons (Fsp3) is 0.417. The molecular weight excluding hydrogens is 202 g/mol. The van der Waals surface area contributed by atoms with E-state index in [4.69, 9.17) is 10.5 Å². The third-order valence-electron chi connectivity index (χ3n) is 2.28. The van der Waals surface area contributed by atoms with E-state index < -0.39 is 0 Å². The number of rotatable bonds is 7. The maximum Gasteiger partial charge on any atom is 0.128 e. The molecule has 1 aromatic heterocycles. The van der Waals surface area contributed by atoms with Crippen LogP contribution in [0.1, 0.15) is 5.56 Å². The summed E-state index contributed by atoms with van der Waals surface area (Å²) >= 11 is 0. The van der Waals surface area contributed by atoms with Crippen molar-refractivity contribution < 1.29 is 4.74 Å². The maximum atomic E-state index is 5.53. The van der Waals surface area contributed by atoms with Crippen LogP contribution in [0.2, 0.25) is 0 Å². The summed E-state index contributed by atoms with van der Waals surface area (Å²) in [6, 6.07) is 3.96. The smallest absolute Gasteiger partial charge is 0.128 e. The highest BCUT2D eigenvalue weighted by molar-refractivity contribution is 5.40. The SMILES string of the molecule is C=CCN(CCOC)c1ccc(CN)cn1. The Labute approximate surface area is 96.7 Å². The minimum atomic E-state index is 0.521. The highest BCUT2D eigenvalue weighted by Crippen LogP contribution is 2.10. The first kappa shape index (κ1) is 12.7. The van der Waals surface area contributed by atoms with Crippen molar-refractivity contribution in [2.45, 2.75) is 6.54 Å². The third kappa shape index (κ3) is 3.64. The minimum absolute atomic E-state index is 0.521. The topological polar surface area (TPSA) is 51.4 Å². The van der Waals surface area contributed by atoms with Crippen molar-refractivity contribution in [2.24, 2.45) is 5.73 Å². The van der Waals surface area contributed by atoms with Gasteiger partial charge in [-0.25, -0.2) is 4.98 Å². The molecule has 0 unspecified atom stereocenters. The lowest BCUT2D eigenvalue weighted by molar-refractivity contribution is 0.205. The highest BCUT2D eigenvalue weighted by atomic mass is 16.5. The van der Waals surface area contributed by atoms with Gasteiger partial charge in [0.05, 0.1) is 6.61 Å². The van der Waals surface area contributed by atoms with Gasteiger partial charge in [-0.1, -0.05) is 12.1 Å². The van der Waals surface area contributed by atoms with E-state index in [-0.39, 0.29) is 0 Å². The molecule has 0 aromatic carbocycles. The molecule has 0 aliphatic heterocycles. The summed E-state index contributed by atoms with van der Waals surface area (Å²) in [4.78, 5) is 6.47. The Balaban J connectivity index is 2.70. The number of pyridine rings is 1. The zero-order chi connectivity index (χ0) is 11.8. The van der Waals surface area contributed by atoms with Crippen molar-refractivity contribution in [2.75, 3.05) is 31.7 Å². The first-order chi connectivity index (χ1) is 7.81. The zero-order valence-corrected chi connectivity index (χ0v) is 9.72. The Morgan fingerprint density at radius 3 is 2.88 bits per heavy atom. The molecule has 1 rings (SSSR count). The lowest BCUT2D eigenvalue weighted by Crippen LogP contribution is -2.28. The molecule has 0 spiro atoms. The van der Waals surface area contributed by atoms with Crippen molar-refractivity contribution >= 4 is 5.82 Å². The number of nitrogens with two attached hydrogens (primary N) is 1. The zero-order valence-electron chi connectivity index (χ0n) is 9.72. The molecule has 0 saturated heterocycles. The van der Waals surface area contributed by atoms with Crippen LogP contribution in [0.25, 0.3) is 0 Å². The van der Waals surface area contributed by atoms with Crippen LogP contribution >= 0.6 is 0 Å². The van der Waals surface area contributed by atoms with E-state index in [2.05, 4.69) is 16.5 Å². The molecule has 16 heavy (non-hydrogen) atoms. The van der Waals surface area contributed by atoms with Gasteiger partial charge in [-0.15, -0.1) is 6.58 Å². The molecule has 0 bridgehead atoms. The summed E-state index contributed by atoms with van der Waals surface area (Å²) in [6.45, 7) is 6.50. The van der Waals surface area contributed by atoms with Crippen molar-refractivity contribution in [3.63, 3.8) is 0 Å². The van der Waals surface area contributed by atoms with Crippen LogP contribution in [0.15, 0.2) is 31.0 Å². The van der Waals surface area contributed by atoms with E-state index in [0.717, 1.165) is 24.5 Å². The van der Waals surface area contributed by atoms with Gasteiger partial charge in [0.2, 0.25) is 0 Å². The summed E-state index contributed by atoms with van der Waals surface area (Å²) in [6.07, 6.45) is 3.66. The third-order valence-corrected chi connectivity index (χ3v) is 2.28. The lowest BCUT2D eigenvalue weighted by atomic mass is 10.3. The van der Waals surface area contributed by atoms with Crippen LogP contribution in [0.3, 0.4) is 0 Å². The molecule has 2 N–H and O–H groups in total. The predicted molar refractivity (Wildman–Crippen MR) is 66.4 cm³/mol. The van der Waals surface area contributed by atoms with Crippen molar-refractivity contribution in [3.05, 3.63) is 36.5 Å². The number of aromatic nitrogens is 1. The molecule has 0 radical (unpaired) electrons. The predicted octanol–water partition coefficient (Wildman–Crippen LogP) is 1.18. The molecule has 0 fully saturated rings. The van der Waals surface area contributed by atoms with Gasteiger partial charge in [-0.05, 0) is 11.6 Å². The van der Waals surface area contributed by atoms with Crippen LogP contribution in [-0.4, -0.2) is 31.8 Å². The number of hydrogen-bond acceptors (Lipinski definition) is 4. The molecule has 88 valence electrons. The molecule has 0 atom stereocenters. The molecule has 0 amide bonds. The van der Waals surface area contributed by atoms with Gasteiger partial charge in [-0.3, -0.25) is 0 Å². The largest absolute Gasteiger partial charge is 0.383 e. The van der Waals surface area contributed by atoms with E-state index in [1.807, 2.05) is 18.2 Å². The number of ether oxygens (including phenoxy) is 1. The number of methoxy groups -OCH3 is 1. The van der Waals surface area contributed by atoms with Gasteiger partial charge in [0.1, 0.15) is 5.82 Å². The number of nitrogens with zero attached hydrogens (tertiary/aromatic N) is 2. The quantitative estimate of drug-likeness (QED) is 0.702.